The maximum atomic E-state index is 11.2. The molecule has 0 saturated carbocycles. The molecule has 2 atom stereocenters. The van der Waals surface area contributed by atoms with Gasteiger partial charge in [0, 0.05) is 6.54 Å². The number of hydrogen-bond donors (Lipinski definition) is 3. The second-order valence-corrected chi connectivity index (χ2v) is 5.18. The van der Waals surface area contributed by atoms with Crippen molar-refractivity contribution in [3.8, 4) is 0 Å². The summed E-state index contributed by atoms with van der Waals surface area (Å²) in [5, 5.41) is 9.20. The average Bonchev–Trinajstić information content (AvgIpc) is 2.87. The zero-order chi connectivity index (χ0) is 12.5. The molecule has 18 heavy (non-hydrogen) atoms. The van der Waals surface area contributed by atoms with Crippen molar-refractivity contribution in [1.82, 2.24) is 10.9 Å². The number of hydrogen-bond acceptors (Lipinski definition) is 3. The van der Waals surface area contributed by atoms with Crippen LogP contribution in [0.1, 0.15) is 35.6 Å². The predicted molar refractivity (Wildman–Crippen MR) is 68.1 cm³/mol. The smallest absolute Gasteiger partial charge is 0.309 e. The van der Waals surface area contributed by atoms with Crippen LogP contribution < -0.4 is 10.9 Å². The van der Waals surface area contributed by atoms with Gasteiger partial charge in [0.25, 0.3) is 0 Å². The van der Waals surface area contributed by atoms with E-state index in [2.05, 4.69) is 29.1 Å². The maximum Gasteiger partial charge on any atom is 0.309 e. The highest BCUT2D eigenvalue weighted by Crippen LogP contribution is 2.29. The van der Waals surface area contributed by atoms with Gasteiger partial charge in [0.05, 0.1) is 12.0 Å². The zero-order valence-corrected chi connectivity index (χ0v) is 10.3. The molecule has 4 nitrogen and oxygen atoms in total. The number of carbonyl (C=O) groups is 1. The first-order chi connectivity index (χ1) is 8.75. The summed E-state index contributed by atoms with van der Waals surface area (Å²) in [6.45, 7) is 0.483. The van der Waals surface area contributed by atoms with Gasteiger partial charge in [-0.1, -0.05) is 18.2 Å². The Morgan fingerprint density at radius 3 is 2.78 bits per heavy atom. The van der Waals surface area contributed by atoms with Crippen molar-refractivity contribution in [2.45, 2.75) is 31.7 Å². The summed E-state index contributed by atoms with van der Waals surface area (Å²) in [6, 6.07) is 6.32. The van der Waals surface area contributed by atoms with Crippen LogP contribution in [0.3, 0.4) is 0 Å². The predicted octanol–water partition coefficient (Wildman–Crippen LogP) is 1.42. The van der Waals surface area contributed by atoms with Crippen LogP contribution in [0, 0.1) is 5.92 Å². The van der Waals surface area contributed by atoms with E-state index in [4.69, 9.17) is 0 Å². The monoisotopic (exact) mass is 246 g/mol. The number of aliphatic carboxylic acids is 1. The van der Waals surface area contributed by atoms with Crippen LogP contribution in [0.2, 0.25) is 0 Å². The molecule has 0 aromatic heterocycles. The van der Waals surface area contributed by atoms with Gasteiger partial charge in [-0.05, 0) is 42.4 Å². The molecule has 2 unspecified atom stereocenters. The van der Waals surface area contributed by atoms with Crippen molar-refractivity contribution in [2.24, 2.45) is 5.92 Å². The van der Waals surface area contributed by atoms with Crippen molar-refractivity contribution < 1.29 is 9.90 Å². The maximum absolute atomic E-state index is 11.2. The van der Waals surface area contributed by atoms with Crippen molar-refractivity contribution in [3.05, 3.63) is 34.9 Å². The van der Waals surface area contributed by atoms with Gasteiger partial charge in [0.15, 0.2) is 0 Å². The highest BCUT2D eigenvalue weighted by Gasteiger charge is 2.34. The largest absolute Gasteiger partial charge is 0.481 e. The molecule has 0 spiro atoms. The summed E-state index contributed by atoms with van der Waals surface area (Å²) < 4.78 is 0. The van der Waals surface area contributed by atoms with Crippen molar-refractivity contribution in [2.75, 3.05) is 6.54 Å². The van der Waals surface area contributed by atoms with Crippen LogP contribution in [0.15, 0.2) is 18.2 Å². The summed E-state index contributed by atoms with van der Waals surface area (Å²) in [6.07, 6.45) is 4.80. The van der Waals surface area contributed by atoms with Gasteiger partial charge >= 0.3 is 5.97 Å². The molecule has 3 N–H and O–H groups in total. The molecule has 1 fully saturated rings. The molecule has 0 bridgehead atoms. The number of carboxylic acids is 1. The minimum absolute atomic E-state index is 0.116. The third-order valence-electron chi connectivity index (χ3n) is 4.03. The molecule has 1 aliphatic carbocycles. The molecule has 1 aromatic rings. The highest BCUT2D eigenvalue weighted by atomic mass is 16.4. The Labute approximate surface area is 106 Å². The Hall–Kier alpha value is -1.39. The summed E-state index contributed by atoms with van der Waals surface area (Å²) in [5.74, 6) is -1.12. The number of benzene rings is 1. The molecule has 2 aliphatic rings. The summed E-state index contributed by atoms with van der Waals surface area (Å²) >= 11 is 0. The summed E-state index contributed by atoms with van der Waals surface area (Å²) in [7, 11) is 0. The normalized spacial score (nSPS) is 26.9. The molecule has 3 rings (SSSR count). The van der Waals surface area contributed by atoms with Gasteiger partial charge in [-0.15, -0.1) is 0 Å². The summed E-state index contributed by atoms with van der Waals surface area (Å²) in [5.41, 5.74) is 9.96. The Kier molecular flexibility index (Phi) is 3.06. The van der Waals surface area contributed by atoms with E-state index in [0.29, 0.717) is 6.54 Å². The standard InChI is InChI=1S/C14H18N2O2/c17-14(18)12-8-15-16-13(12)11-6-5-9-3-1-2-4-10(9)7-11/h5-7,12-13,15-16H,1-4,8H2,(H,17,18). The number of fused-ring (bicyclic) bond motifs is 1. The molecule has 96 valence electrons. The molecular formula is C14H18N2O2. The second-order valence-electron chi connectivity index (χ2n) is 5.18. The number of aryl methyl sites for hydroxylation is 2. The van der Waals surface area contributed by atoms with Gasteiger partial charge in [-0.2, -0.15) is 0 Å². The van der Waals surface area contributed by atoms with Gasteiger partial charge in [0.1, 0.15) is 0 Å². The highest BCUT2D eigenvalue weighted by molar-refractivity contribution is 5.72. The molecular weight excluding hydrogens is 228 g/mol. The van der Waals surface area contributed by atoms with Crippen LogP contribution in [0.25, 0.3) is 0 Å². The molecule has 1 heterocycles. The van der Waals surface area contributed by atoms with Crippen molar-refractivity contribution in [3.63, 3.8) is 0 Å². The first-order valence-corrected chi connectivity index (χ1v) is 6.58. The SMILES string of the molecule is O=C(O)C1CNNC1c1ccc2c(c1)CCCC2. The lowest BCUT2D eigenvalue weighted by molar-refractivity contribution is -0.141. The molecule has 0 amide bonds. The van der Waals surface area contributed by atoms with E-state index in [0.717, 1.165) is 18.4 Å². The van der Waals surface area contributed by atoms with Crippen molar-refractivity contribution >= 4 is 5.97 Å². The first-order valence-electron chi connectivity index (χ1n) is 6.58. The fourth-order valence-electron chi connectivity index (χ4n) is 2.99. The Morgan fingerprint density at radius 1 is 1.22 bits per heavy atom. The number of rotatable bonds is 2. The van der Waals surface area contributed by atoms with Crippen LogP contribution in [-0.2, 0) is 17.6 Å². The van der Waals surface area contributed by atoms with Crippen LogP contribution in [-0.4, -0.2) is 17.6 Å². The third kappa shape index (κ3) is 2.02. The van der Waals surface area contributed by atoms with E-state index in [-0.39, 0.29) is 12.0 Å². The molecule has 0 radical (unpaired) electrons. The quantitative estimate of drug-likeness (QED) is 0.738. The fraction of sp³-hybridized carbons (Fsp3) is 0.500. The number of nitrogens with one attached hydrogen (secondary N) is 2. The molecule has 1 aliphatic heterocycles. The van der Waals surface area contributed by atoms with E-state index >= 15 is 0 Å². The Balaban J connectivity index is 1.90. The van der Waals surface area contributed by atoms with Gasteiger partial charge in [-0.25, -0.2) is 5.43 Å². The second kappa shape index (κ2) is 4.71. The third-order valence-corrected chi connectivity index (χ3v) is 4.03. The van der Waals surface area contributed by atoms with Gasteiger partial charge < -0.3 is 5.11 Å². The van der Waals surface area contributed by atoms with Crippen LogP contribution >= 0.6 is 0 Å². The van der Waals surface area contributed by atoms with Crippen LogP contribution in [0.5, 0.6) is 0 Å². The van der Waals surface area contributed by atoms with E-state index in [1.807, 2.05) is 0 Å². The van der Waals surface area contributed by atoms with Gasteiger partial charge in [-0.3, -0.25) is 10.2 Å². The minimum atomic E-state index is -0.741. The Bertz CT molecular complexity index is 473. The van der Waals surface area contributed by atoms with Crippen LogP contribution in [0.4, 0.5) is 0 Å². The zero-order valence-electron chi connectivity index (χ0n) is 10.3. The Morgan fingerprint density at radius 2 is 2.00 bits per heavy atom. The molecule has 4 heteroatoms. The van der Waals surface area contributed by atoms with E-state index in [1.54, 1.807) is 0 Å². The lowest BCUT2D eigenvalue weighted by atomic mass is 9.87. The van der Waals surface area contributed by atoms with E-state index in [1.165, 1.54) is 24.0 Å². The van der Waals surface area contributed by atoms with E-state index in [9.17, 15) is 9.90 Å². The minimum Gasteiger partial charge on any atom is -0.481 e. The fourth-order valence-corrected chi connectivity index (χ4v) is 2.99. The molecule has 1 saturated heterocycles. The van der Waals surface area contributed by atoms with Crippen molar-refractivity contribution in [1.29, 1.82) is 0 Å². The summed E-state index contributed by atoms with van der Waals surface area (Å²) in [4.78, 5) is 11.2. The number of carboxylic acid groups (broad SMARTS) is 1. The van der Waals surface area contributed by atoms with Gasteiger partial charge in [0.2, 0.25) is 0 Å². The average molecular weight is 246 g/mol. The lowest BCUT2D eigenvalue weighted by Crippen LogP contribution is -2.26. The van der Waals surface area contributed by atoms with E-state index < -0.39 is 5.97 Å². The first kappa shape index (κ1) is 11.7. The number of hydrazine groups is 1. The lowest BCUT2D eigenvalue weighted by Gasteiger charge is -2.20. The molecule has 1 aromatic carbocycles. The topological polar surface area (TPSA) is 61.4 Å².